The molecular weight excluding hydrogens is 228 g/mol. The van der Waals surface area contributed by atoms with Gasteiger partial charge in [0, 0.05) is 31.5 Å². The fourth-order valence-corrected chi connectivity index (χ4v) is 3.10. The minimum absolute atomic E-state index is 0.0905. The van der Waals surface area contributed by atoms with E-state index in [0.717, 1.165) is 12.8 Å². The van der Waals surface area contributed by atoms with Crippen LogP contribution in [0.2, 0.25) is 0 Å². The maximum Gasteiger partial charge on any atom is 0.278 e. The molecule has 2 heterocycles. The van der Waals surface area contributed by atoms with Crippen LogP contribution in [0, 0.1) is 0 Å². The topological polar surface area (TPSA) is 89.2 Å². The van der Waals surface area contributed by atoms with Crippen LogP contribution >= 0.6 is 0 Å². The minimum atomic E-state index is -3.56. The van der Waals surface area contributed by atoms with Crippen LogP contribution in [0.5, 0.6) is 0 Å². The lowest BCUT2D eigenvalue weighted by Crippen LogP contribution is -2.45. The maximum absolute atomic E-state index is 12.1. The van der Waals surface area contributed by atoms with Gasteiger partial charge in [0.25, 0.3) is 15.2 Å². The van der Waals surface area contributed by atoms with Crippen LogP contribution in [0.4, 0.5) is 0 Å². The number of piperidine rings is 1. The van der Waals surface area contributed by atoms with Crippen molar-refractivity contribution in [2.24, 2.45) is 5.73 Å². The van der Waals surface area contributed by atoms with Gasteiger partial charge in [-0.25, -0.2) is 18.4 Å². The molecule has 6 nitrogen and oxygen atoms in total. The van der Waals surface area contributed by atoms with Gasteiger partial charge in [0.2, 0.25) is 0 Å². The van der Waals surface area contributed by atoms with Gasteiger partial charge in [-0.3, -0.25) is 0 Å². The van der Waals surface area contributed by atoms with Gasteiger partial charge in [0.05, 0.1) is 0 Å². The largest absolute Gasteiger partial charge is 0.327 e. The van der Waals surface area contributed by atoms with E-state index in [1.165, 1.54) is 16.7 Å². The van der Waals surface area contributed by atoms with E-state index in [-0.39, 0.29) is 11.2 Å². The van der Waals surface area contributed by atoms with Crippen LogP contribution in [0.1, 0.15) is 12.8 Å². The van der Waals surface area contributed by atoms with Gasteiger partial charge in [-0.05, 0) is 18.9 Å². The molecule has 0 spiro atoms. The van der Waals surface area contributed by atoms with E-state index in [1.54, 1.807) is 6.07 Å². The molecule has 88 valence electrons. The Kier molecular flexibility index (Phi) is 3.17. The Morgan fingerprint density at radius 3 is 2.69 bits per heavy atom. The Hall–Kier alpha value is -1.05. The molecule has 0 aromatic carbocycles. The van der Waals surface area contributed by atoms with Crippen LogP contribution in [0.25, 0.3) is 0 Å². The molecule has 1 aliphatic rings. The standard InChI is InChI=1S/C9H14N4O2S/c10-8-3-1-6-13(7-8)16(14,15)9-11-4-2-5-12-9/h2,4-5,8H,1,3,6-7,10H2. The van der Waals surface area contributed by atoms with Crippen molar-refractivity contribution in [1.29, 1.82) is 0 Å². The van der Waals surface area contributed by atoms with Crippen LogP contribution in [-0.4, -0.2) is 41.8 Å². The highest BCUT2D eigenvalue weighted by Gasteiger charge is 2.30. The fourth-order valence-electron chi connectivity index (χ4n) is 1.73. The second-order valence-corrected chi connectivity index (χ2v) is 5.63. The van der Waals surface area contributed by atoms with Gasteiger partial charge in [-0.15, -0.1) is 0 Å². The van der Waals surface area contributed by atoms with E-state index >= 15 is 0 Å². The summed E-state index contributed by atoms with van der Waals surface area (Å²) in [5, 5.41) is -0.149. The summed E-state index contributed by atoms with van der Waals surface area (Å²) >= 11 is 0. The van der Waals surface area contributed by atoms with E-state index < -0.39 is 10.0 Å². The number of nitrogens with two attached hydrogens (primary N) is 1. The zero-order chi connectivity index (χ0) is 11.6. The third-order valence-corrected chi connectivity index (χ3v) is 4.22. The molecule has 0 bridgehead atoms. The van der Waals surface area contributed by atoms with E-state index in [0.29, 0.717) is 13.1 Å². The van der Waals surface area contributed by atoms with Crippen molar-refractivity contribution in [2.75, 3.05) is 13.1 Å². The SMILES string of the molecule is NC1CCCN(S(=O)(=O)c2ncccn2)C1. The smallest absolute Gasteiger partial charge is 0.278 e. The molecule has 1 saturated heterocycles. The van der Waals surface area contributed by atoms with Crippen molar-refractivity contribution in [3.8, 4) is 0 Å². The molecular formula is C9H14N4O2S. The lowest BCUT2D eigenvalue weighted by molar-refractivity contribution is 0.314. The third-order valence-electron chi connectivity index (χ3n) is 2.53. The van der Waals surface area contributed by atoms with Crippen LogP contribution < -0.4 is 5.73 Å². The molecule has 16 heavy (non-hydrogen) atoms. The highest BCUT2D eigenvalue weighted by atomic mass is 32.2. The average molecular weight is 242 g/mol. The van der Waals surface area contributed by atoms with Gasteiger partial charge in [0.1, 0.15) is 0 Å². The number of hydrogen-bond acceptors (Lipinski definition) is 5. The summed E-state index contributed by atoms with van der Waals surface area (Å²) in [6, 6.07) is 1.49. The van der Waals surface area contributed by atoms with Crippen molar-refractivity contribution < 1.29 is 8.42 Å². The molecule has 0 amide bonds. The van der Waals surface area contributed by atoms with Crippen molar-refractivity contribution in [3.63, 3.8) is 0 Å². The van der Waals surface area contributed by atoms with Crippen molar-refractivity contribution in [2.45, 2.75) is 24.0 Å². The Morgan fingerprint density at radius 1 is 1.38 bits per heavy atom. The summed E-state index contributed by atoms with van der Waals surface area (Å²) in [5.74, 6) is 0. The molecule has 0 saturated carbocycles. The zero-order valence-electron chi connectivity index (χ0n) is 8.78. The highest BCUT2D eigenvalue weighted by molar-refractivity contribution is 7.88. The van der Waals surface area contributed by atoms with Crippen molar-refractivity contribution in [3.05, 3.63) is 18.5 Å². The van der Waals surface area contributed by atoms with Gasteiger partial charge in [-0.1, -0.05) is 0 Å². The molecule has 7 heteroatoms. The number of aromatic nitrogens is 2. The van der Waals surface area contributed by atoms with Crippen molar-refractivity contribution >= 4 is 10.0 Å². The second-order valence-electron chi connectivity index (χ2n) is 3.80. The Bertz CT molecular complexity index is 448. The molecule has 2 rings (SSSR count). The molecule has 1 atom stereocenters. The summed E-state index contributed by atoms with van der Waals surface area (Å²) in [5.41, 5.74) is 5.75. The van der Waals surface area contributed by atoms with E-state index in [4.69, 9.17) is 5.73 Å². The predicted octanol–water partition coefficient (Wildman–Crippen LogP) is -0.412. The summed E-state index contributed by atoms with van der Waals surface area (Å²) in [6.07, 6.45) is 4.49. The molecule has 1 unspecified atom stereocenters. The van der Waals surface area contributed by atoms with E-state index in [9.17, 15) is 8.42 Å². The van der Waals surface area contributed by atoms with Gasteiger partial charge >= 0.3 is 0 Å². The van der Waals surface area contributed by atoms with Gasteiger partial charge in [0.15, 0.2) is 0 Å². The average Bonchev–Trinajstić information content (AvgIpc) is 2.30. The van der Waals surface area contributed by atoms with E-state index in [2.05, 4.69) is 9.97 Å². The monoisotopic (exact) mass is 242 g/mol. The number of rotatable bonds is 2. The lowest BCUT2D eigenvalue weighted by atomic mass is 10.1. The molecule has 1 fully saturated rings. The van der Waals surface area contributed by atoms with Crippen LogP contribution in [0.15, 0.2) is 23.6 Å². The van der Waals surface area contributed by atoms with Crippen LogP contribution in [0.3, 0.4) is 0 Å². The first-order chi connectivity index (χ1) is 7.60. The summed E-state index contributed by atoms with van der Waals surface area (Å²) in [6.45, 7) is 0.842. The Balaban J connectivity index is 2.26. The summed E-state index contributed by atoms with van der Waals surface area (Å²) < 4.78 is 25.5. The predicted molar refractivity (Wildman–Crippen MR) is 58.0 cm³/mol. The maximum atomic E-state index is 12.1. The zero-order valence-corrected chi connectivity index (χ0v) is 9.60. The molecule has 0 aliphatic carbocycles. The first kappa shape index (κ1) is 11.4. The first-order valence-electron chi connectivity index (χ1n) is 5.13. The Morgan fingerprint density at radius 2 is 2.06 bits per heavy atom. The van der Waals surface area contributed by atoms with Gasteiger partial charge < -0.3 is 5.73 Å². The molecule has 2 N–H and O–H groups in total. The first-order valence-corrected chi connectivity index (χ1v) is 6.57. The summed E-state index contributed by atoms with van der Waals surface area (Å²) in [4.78, 5) is 7.54. The molecule has 0 radical (unpaired) electrons. The van der Waals surface area contributed by atoms with Crippen LogP contribution in [-0.2, 0) is 10.0 Å². The number of sulfonamides is 1. The highest BCUT2D eigenvalue weighted by Crippen LogP contribution is 2.16. The Labute approximate surface area is 94.6 Å². The second kappa shape index (κ2) is 4.44. The summed E-state index contributed by atoms with van der Waals surface area (Å²) in [7, 11) is -3.56. The molecule has 1 aromatic rings. The normalized spacial score (nSPS) is 23.2. The van der Waals surface area contributed by atoms with E-state index in [1.807, 2.05) is 0 Å². The van der Waals surface area contributed by atoms with Gasteiger partial charge in [-0.2, -0.15) is 4.31 Å². The third kappa shape index (κ3) is 2.21. The minimum Gasteiger partial charge on any atom is -0.327 e. The van der Waals surface area contributed by atoms with Crippen molar-refractivity contribution in [1.82, 2.24) is 14.3 Å². The lowest BCUT2D eigenvalue weighted by Gasteiger charge is -2.28. The number of hydrogen-bond donors (Lipinski definition) is 1. The number of nitrogens with zero attached hydrogens (tertiary/aromatic N) is 3. The molecule has 1 aliphatic heterocycles. The fraction of sp³-hybridized carbons (Fsp3) is 0.556. The molecule has 1 aromatic heterocycles. The quantitative estimate of drug-likeness (QED) is 0.712.